The highest BCUT2D eigenvalue weighted by Crippen LogP contribution is 2.20. The molecule has 0 aliphatic rings. The molecule has 3 rings (SSSR count). The first-order chi connectivity index (χ1) is 17.7. The second-order valence-corrected chi connectivity index (χ2v) is 8.28. The van der Waals surface area contributed by atoms with Crippen LogP contribution in [-0.2, 0) is 43.6 Å². The van der Waals surface area contributed by atoms with E-state index in [9.17, 15) is 4.79 Å². The third kappa shape index (κ3) is 9.62. The number of carbonyl (C=O) groups excluding carboxylic acids is 1. The summed E-state index contributed by atoms with van der Waals surface area (Å²) in [5.74, 6) is -0.381. The molecule has 0 amide bonds. The Bertz CT molecular complexity index is 1050. The van der Waals surface area contributed by atoms with Crippen molar-refractivity contribution in [2.75, 3.05) is 6.61 Å². The van der Waals surface area contributed by atoms with Crippen molar-refractivity contribution in [2.45, 2.75) is 45.1 Å². The summed E-state index contributed by atoms with van der Waals surface area (Å²) >= 11 is 0. The van der Waals surface area contributed by atoms with Crippen molar-refractivity contribution in [3.05, 3.63) is 132 Å². The molecule has 0 unspecified atom stereocenters. The Hall–Kier alpha value is -3.51. The molecule has 0 aliphatic carbocycles. The van der Waals surface area contributed by atoms with Gasteiger partial charge in [-0.25, -0.2) is 0 Å². The van der Waals surface area contributed by atoms with Crippen LogP contribution >= 0.6 is 0 Å². The van der Waals surface area contributed by atoms with Crippen LogP contribution in [0.4, 0.5) is 0 Å². The highest BCUT2D eigenvalue weighted by Gasteiger charge is 2.32. The fraction of sp³-hybridized carbons (Fsp3) is 0.258. The van der Waals surface area contributed by atoms with Gasteiger partial charge in [0.05, 0.1) is 19.8 Å². The van der Waals surface area contributed by atoms with Crippen LogP contribution in [0.15, 0.2) is 116 Å². The third-order valence-corrected chi connectivity index (χ3v) is 5.46. The SMILES string of the molecule is C=C/C=C\[C@@H](OCc1ccccc1)[C@H](OCc1ccccc1)[C@H](COC(C)=O)OCc1ccccc1. The van der Waals surface area contributed by atoms with Crippen molar-refractivity contribution >= 4 is 5.97 Å². The van der Waals surface area contributed by atoms with E-state index in [0.717, 1.165) is 16.7 Å². The molecular formula is C31H34O5. The van der Waals surface area contributed by atoms with E-state index in [2.05, 4.69) is 6.58 Å². The molecule has 0 radical (unpaired) electrons. The first-order valence-corrected chi connectivity index (χ1v) is 12.0. The lowest BCUT2D eigenvalue weighted by Gasteiger charge is -2.32. The quantitative estimate of drug-likeness (QED) is 0.193. The zero-order chi connectivity index (χ0) is 25.4. The Morgan fingerprint density at radius 1 is 0.750 bits per heavy atom. The number of rotatable bonds is 15. The molecule has 5 heteroatoms. The molecule has 3 atom stereocenters. The van der Waals surface area contributed by atoms with Crippen molar-refractivity contribution in [2.24, 2.45) is 0 Å². The van der Waals surface area contributed by atoms with Gasteiger partial charge in [-0.15, -0.1) is 0 Å². The number of carbonyl (C=O) groups is 1. The monoisotopic (exact) mass is 486 g/mol. The molecular weight excluding hydrogens is 452 g/mol. The average Bonchev–Trinajstić information content (AvgIpc) is 2.92. The first-order valence-electron chi connectivity index (χ1n) is 12.0. The number of hydrogen-bond donors (Lipinski definition) is 0. The molecule has 0 spiro atoms. The van der Waals surface area contributed by atoms with Crippen LogP contribution in [0.5, 0.6) is 0 Å². The molecule has 3 aromatic carbocycles. The van der Waals surface area contributed by atoms with Crippen molar-refractivity contribution in [1.29, 1.82) is 0 Å². The summed E-state index contributed by atoms with van der Waals surface area (Å²) in [7, 11) is 0. The lowest BCUT2D eigenvalue weighted by atomic mass is 10.1. The van der Waals surface area contributed by atoms with Gasteiger partial charge in [-0.3, -0.25) is 4.79 Å². The van der Waals surface area contributed by atoms with Crippen molar-refractivity contribution in [3.8, 4) is 0 Å². The maximum absolute atomic E-state index is 11.7. The van der Waals surface area contributed by atoms with Crippen LogP contribution in [0.3, 0.4) is 0 Å². The summed E-state index contributed by atoms with van der Waals surface area (Å²) in [6.07, 6.45) is 3.80. The lowest BCUT2D eigenvalue weighted by Crippen LogP contribution is -2.44. The van der Waals surface area contributed by atoms with E-state index in [1.165, 1.54) is 6.92 Å². The molecule has 3 aromatic rings. The van der Waals surface area contributed by atoms with E-state index in [-0.39, 0.29) is 12.6 Å². The molecule has 0 aromatic heterocycles. The average molecular weight is 487 g/mol. The van der Waals surface area contributed by atoms with Crippen LogP contribution in [0.1, 0.15) is 23.6 Å². The predicted molar refractivity (Wildman–Crippen MR) is 141 cm³/mol. The second-order valence-electron chi connectivity index (χ2n) is 8.28. The van der Waals surface area contributed by atoms with Gasteiger partial charge in [0, 0.05) is 6.92 Å². The van der Waals surface area contributed by atoms with E-state index in [4.69, 9.17) is 18.9 Å². The summed E-state index contributed by atoms with van der Waals surface area (Å²) in [5.41, 5.74) is 3.07. The topological polar surface area (TPSA) is 54.0 Å². The maximum Gasteiger partial charge on any atom is 0.302 e. The van der Waals surface area contributed by atoms with Gasteiger partial charge in [-0.2, -0.15) is 0 Å². The van der Waals surface area contributed by atoms with Crippen molar-refractivity contribution in [3.63, 3.8) is 0 Å². The fourth-order valence-electron chi connectivity index (χ4n) is 3.61. The summed E-state index contributed by atoms with van der Waals surface area (Å²) in [5, 5.41) is 0. The van der Waals surface area contributed by atoms with Gasteiger partial charge in [0.1, 0.15) is 24.9 Å². The molecule has 36 heavy (non-hydrogen) atoms. The Kier molecular flexibility index (Phi) is 11.6. The fourth-order valence-corrected chi connectivity index (χ4v) is 3.61. The van der Waals surface area contributed by atoms with E-state index >= 15 is 0 Å². The summed E-state index contributed by atoms with van der Waals surface area (Å²) < 4.78 is 24.5. The Morgan fingerprint density at radius 2 is 1.22 bits per heavy atom. The number of benzene rings is 3. The minimum Gasteiger partial charge on any atom is -0.463 e. The summed E-state index contributed by atoms with van der Waals surface area (Å²) in [6.45, 7) is 6.30. The highest BCUT2D eigenvalue weighted by molar-refractivity contribution is 5.65. The summed E-state index contributed by atoms with van der Waals surface area (Å²) in [6, 6.07) is 29.7. The van der Waals surface area contributed by atoms with Crippen LogP contribution in [0.2, 0.25) is 0 Å². The van der Waals surface area contributed by atoms with E-state index < -0.39 is 18.3 Å². The number of hydrogen-bond acceptors (Lipinski definition) is 5. The van der Waals surface area contributed by atoms with Gasteiger partial charge in [0.25, 0.3) is 0 Å². The van der Waals surface area contributed by atoms with Gasteiger partial charge in [-0.1, -0.05) is 116 Å². The second kappa shape index (κ2) is 15.5. The van der Waals surface area contributed by atoms with Gasteiger partial charge in [0.15, 0.2) is 0 Å². The molecule has 0 saturated heterocycles. The number of ether oxygens (including phenoxy) is 4. The van der Waals surface area contributed by atoms with Crippen LogP contribution < -0.4 is 0 Å². The Labute approximate surface area is 214 Å². The van der Waals surface area contributed by atoms with Crippen LogP contribution in [-0.4, -0.2) is 30.9 Å². The smallest absolute Gasteiger partial charge is 0.302 e. The number of allylic oxidation sites excluding steroid dienone is 2. The van der Waals surface area contributed by atoms with E-state index in [1.54, 1.807) is 6.08 Å². The Morgan fingerprint density at radius 3 is 1.69 bits per heavy atom. The van der Waals surface area contributed by atoms with Crippen LogP contribution in [0, 0.1) is 0 Å². The van der Waals surface area contributed by atoms with Gasteiger partial charge in [-0.05, 0) is 16.7 Å². The van der Waals surface area contributed by atoms with Gasteiger partial charge in [0.2, 0.25) is 0 Å². The molecule has 5 nitrogen and oxygen atoms in total. The molecule has 0 saturated carbocycles. The zero-order valence-corrected chi connectivity index (χ0v) is 20.7. The first kappa shape index (κ1) is 27.1. The van der Waals surface area contributed by atoms with Crippen molar-refractivity contribution < 1.29 is 23.7 Å². The maximum atomic E-state index is 11.7. The van der Waals surface area contributed by atoms with Crippen LogP contribution in [0.25, 0.3) is 0 Å². The zero-order valence-electron chi connectivity index (χ0n) is 20.7. The molecule has 0 aliphatic heterocycles. The van der Waals surface area contributed by atoms with Gasteiger partial charge >= 0.3 is 5.97 Å². The lowest BCUT2D eigenvalue weighted by molar-refractivity contribution is -0.167. The van der Waals surface area contributed by atoms with Gasteiger partial charge < -0.3 is 18.9 Å². The van der Waals surface area contributed by atoms with E-state index in [0.29, 0.717) is 19.8 Å². The normalized spacial score (nSPS) is 13.7. The molecule has 0 fully saturated rings. The largest absolute Gasteiger partial charge is 0.463 e. The number of esters is 1. The molecule has 0 N–H and O–H groups in total. The molecule has 0 heterocycles. The summed E-state index contributed by atoms with van der Waals surface area (Å²) in [4.78, 5) is 11.7. The predicted octanol–water partition coefficient (Wildman–Crippen LogP) is 6.05. The Balaban J connectivity index is 1.86. The van der Waals surface area contributed by atoms with E-state index in [1.807, 2.05) is 103 Å². The standard InChI is InChI=1S/C31H34O5/c1-3-4-20-29(34-21-26-14-8-5-9-15-26)31(36-23-28-18-12-7-13-19-28)30(24-33-25(2)32)35-22-27-16-10-6-11-17-27/h3-20,29-31H,1,21-24H2,2H3/b20-4-/t29-,30+,31+/m1/s1. The minimum absolute atomic E-state index is 0.0365. The molecule has 188 valence electrons. The molecule has 0 bridgehead atoms. The van der Waals surface area contributed by atoms with Crippen molar-refractivity contribution in [1.82, 2.24) is 0 Å². The highest BCUT2D eigenvalue weighted by atomic mass is 16.6. The third-order valence-electron chi connectivity index (χ3n) is 5.46. The minimum atomic E-state index is -0.576.